The Kier molecular flexibility index (Phi) is 7.77. The molecular formula is C25H30N2O4S3. The summed E-state index contributed by atoms with van der Waals surface area (Å²) in [5, 5.41) is 3.52. The van der Waals surface area contributed by atoms with Gasteiger partial charge in [-0.25, -0.2) is 16.8 Å². The largest absolute Gasteiger partial charge is 0.310 e. The van der Waals surface area contributed by atoms with E-state index in [1.54, 1.807) is 30.3 Å². The van der Waals surface area contributed by atoms with E-state index < -0.39 is 19.9 Å². The van der Waals surface area contributed by atoms with Crippen LogP contribution < -0.4 is 10.0 Å². The predicted octanol–water partition coefficient (Wildman–Crippen LogP) is 5.44. The smallest absolute Gasteiger partial charge is 0.271 e. The molecule has 0 spiro atoms. The van der Waals surface area contributed by atoms with Gasteiger partial charge in [-0.15, -0.1) is 11.3 Å². The molecule has 1 aliphatic rings. The maximum Gasteiger partial charge on any atom is 0.271 e. The molecule has 6 nitrogen and oxygen atoms in total. The van der Waals surface area contributed by atoms with Gasteiger partial charge in [0.15, 0.2) is 0 Å². The second kappa shape index (κ2) is 10.6. The molecule has 0 bridgehead atoms. The molecular weight excluding hydrogens is 488 g/mol. The normalized spacial score (nSPS) is 15.9. The minimum atomic E-state index is -3.94. The molecule has 0 saturated heterocycles. The second-order valence-corrected chi connectivity index (χ2v) is 14.0. The minimum absolute atomic E-state index is 0.00485. The van der Waals surface area contributed by atoms with Crippen LogP contribution in [-0.4, -0.2) is 22.9 Å². The number of nitrogens with one attached hydrogen (secondary N) is 2. The van der Waals surface area contributed by atoms with E-state index >= 15 is 0 Å². The summed E-state index contributed by atoms with van der Waals surface area (Å²) < 4.78 is 54.5. The van der Waals surface area contributed by atoms with Gasteiger partial charge >= 0.3 is 0 Å². The molecule has 2 aromatic carbocycles. The van der Waals surface area contributed by atoms with Crippen LogP contribution in [0.4, 0.5) is 5.69 Å². The molecule has 0 radical (unpaired) electrons. The molecule has 1 fully saturated rings. The number of sulfone groups is 1. The Morgan fingerprint density at radius 3 is 2.26 bits per heavy atom. The summed E-state index contributed by atoms with van der Waals surface area (Å²) in [4.78, 5) is 0.136. The van der Waals surface area contributed by atoms with Gasteiger partial charge in [0.05, 0.1) is 10.6 Å². The van der Waals surface area contributed by atoms with Crippen LogP contribution in [0.5, 0.6) is 0 Å². The van der Waals surface area contributed by atoms with E-state index in [0.29, 0.717) is 18.3 Å². The van der Waals surface area contributed by atoms with Crippen molar-refractivity contribution in [2.24, 2.45) is 5.92 Å². The predicted molar refractivity (Wildman–Crippen MR) is 136 cm³/mol. The molecule has 4 rings (SSSR count). The number of para-hydroxylation sites is 1. The minimum Gasteiger partial charge on any atom is -0.310 e. The third kappa shape index (κ3) is 5.89. The number of hydrogen-bond acceptors (Lipinski definition) is 6. The Bertz CT molecular complexity index is 1310. The molecule has 9 heteroatoms. The molecule has 182 valence electrons. The number of sulfonamides is 1. The first kappa shape index (κ1) is 24.9. The van der Waals surface area contributed by atoms with Crippen molar-refractivity contribution in [2.45, 2.75) is 64.9 Å². The topological polar surface area (TPSA) is 92.3 Å². The lowest BCUT2D eigenvalue weighted by molar-refractivity contribution is 0.404. The molecule has 0 aliphatic heterocycles. The Morgan fingerprint density at radius 2 is 1.53 bits per heavy atom. The van der Waals surface area contributed by atoms with Gasteiger partial charge < -0.3 is 5.32 Å². The van der Waals surface area contributed by atoms with Crippen LogP contribution in [0.3, 0.4) is 0 Å². The molecule has 1 aliphatic carbocycles. The summed E-state index contributed by atoms with van der Waals surface area (Å²) >= 11 is 0.749. The Morgan fingerprint density at radius 1 is 0.882 bits per heavy atom. The summed E-state index contributed by atoms with van der Waals surface area (Å²) in [5.41, 5.74) is 1.34. The number of hydrogen-bond donors (Lipinski definition) is 2. The van der Waals surface area contributed by atoms with Gasteiger partial charge in [0.1, 0.15) is 8.42 Å². The summed E-state index contributed by atoms with van der Waals surface area (Å²) in [6.45, 7) is 2.72. The van der Waals surface area contributed by atoms with Crippen molar-refractivity contribution >= 4 is 36.9 Å². The van der Waals surface area contributed by atoms with Crippen molar-refractivity contribution in [3.63, 3.8) is 0 Å². The summed E-state index contributed by atoms with van der Waals surface area (Å²) in [7, 11) is -7.71. The van der Waals surface area contributed by atoms with Gasteiger partial charge in [0.2, 0.25) is 9.84 Å². The van der Waals surface area contributed by atoms with Crippen LogP contribution in [0.1, 0.15) is 44.6 Å². The Labute approximate surface area is 206 Å². The van der Waals surface area contributed by atoms with Crippen LogP contribution in [0.15, 0.2) is 80.0 Å². The fraction of sp³-hybridized carbons (Fsp3) is 0.360. The molecule has 1 atom stereocenters. The lowest BCUT2D eigenvalue weighted by atomic mass is 9.99. The molecule has 1 saturated carbocycles. The Hall–Kier alpha value is -2.20. The second-order valence-electron chi connectivity index (χ2n) is 8.82. The molecule has 0 amide bonds. The monoisotopic (exact) mass is 518 g/mol. The van der Waals surface area contributed by atoms with Crippen LogP contribution >= 0.6 is 11.3 Å². The first-order valence-electron chi connectivity index (χ1n) is 11.5. The van der Waals surface area contributed by atoms with E-state index in [4.69, 9.17) is 0 Å². The fourth-order valence-electron chi connectivity index (χ4n) is 4.39. The van der Waals surface area contributed by atoms with Gasteiger partial charge in [-0.3, -0.25) is 4.72 Å². The molecule has 1 aromatic heterocycles. The molecule has 3 aromatic rings. The molecule has 34 heavy (non-hydrogen) atoms. The highest BCUT2D eigenvalue weighted by Crippen LogP contribution is 2.32. The highest BCUT2D eigenvalue weighted by molar-refractivity contribution is 7.96. The number of rotatable bonds is 10. The highest BCUT2D eigenvalue weighted by atomic mass is 32.3. The SMILES string of the molecule is C[C@@H](CC1CCCC1)NCc1ccccc1NS(=O)(=O)c1ccc(S(=O)(=O)c2ccccc2)s1. The zero-order chi connectivity index (χ0) is 24.2. The zero-order valence-corrected chi connectivity index (χ0v) is 21.6. The molecule has 2 N–H and O–H groups in total. The van der Waals surface area contributed by atoms with Gasteiger partial charge in [-0.05, 0) is 55.2 Å². The van der Waals surface area contributed by atoms with E-state index in [1.165, 1.54) is 49.9 Å². The van der Waals surface area contributed by atoms with Crippen LogP contribution in [0.2, 0.25) is 0 Å². The highest BCUT2D eigenvalue weighted by Gasteiger charge is 2.25. The molecule has 1 heterocycles. The van der Waals surface area contributed by atoms with Gasteiger partial charge in [0.25, 0.3) is 10.0 Å². The van der Waals surface area contributed by atoms with Crippen molar-refractivity contribution in [1.82, 2.24) is 5.32 Å². The van der Waals surface area contributed by atoms with Crippen molar-refractivity contribution < 1.29 is 16.8 Å². The number of thiophene rings is 1. The maximum absolute atomic E-state index is 13.1. The quantitative estimate of drug-likeness (QED) is 0.373. The van der Waals surface area contributed by atoms with E-state index in [9.17, 15) is 16.8 Å². The maximum atomic E-state index is 13.1. The van der Waals surface area contributed by atoms with Crippen molar-refractivity contribution in [3.05, 3.63) is 72.3 Å². The lowest BCUT2D eigenvalue weighted by Gasteiger charge is -2.19. The summed E-state index contributed by atoms with van der Waals surface area (Å²) in [5.74, 6) is 0.774. The first-order valence-corrected chi connectivity index (χ1v) is 15.3. The number of anilines is 1. The summed E-state index contributed by atoms with van der Waals surface area (Å²) in [6, 6.07) is 18.3. The van der Waals surface area contributed by atoms with Gasteiger partial charge in [-0.2, -0.15) is 0 Å². The van der Waals surface area contributed by atoms with E-state index in [0.717, 1.165) is 29.2 Å². The average molecular weight is 519 g/mol. The summed E-state index contributed by atoms with van der Waals surface area (Å²) in [6.07, 6.45) is 6.36. The standard InChI is InChI=1S/C25H30N2O4S3/c1-19(17-20-9-5-6-10-20)26-18-21-11-7-8-14-23(21)27-34(30,31)25-16-15-24(32-25)33(28,29)22-12-3-2-4-13-22/h2-4,7-8,11-16,19-20,26-27H,5-6,9-10,17-18H2,1H3/t19-/m0/s1. The van der Waals surface area contributed by atoms with Crippen molar-refractivity contribution in [3.8, 4) is 0 Å². The number of benzene rings is 2. The third-order valence-electron chi connectivity index (χ3n) is 6.20. The van der Waals surface area contributed by atoms with Gasteiger partial charge in [-0.1, -0.05) is 62.1 Å². The third-order valence-corrected chi connectivity index (χ3v) is 11.4. The molecule has 0 unspecified atom stereocenters. The first-order chi connectivity index (χ1) is 16.3. The lowest BCUT2D eigenvalue weighted by Crippen LogP contribution is -2.28. The van der Waals surface area contributed by atoms with E-state index in [-0.39, 0.29) is 13.3 Å². The van der Waals surface area contributed by atoms with Crippen molar-refractivity contribution in [1.29, 1.82) is 0 Å². The van der Waals surface area contributed by atoms with Crippen molar-refractivity contribution in [2.75, 3.05) is 4.72 Å². The zero-order valence-electron chi connectivity index (χ0n) is 19.1. The fourth-order valence-corrected chi connectivity index (χ4v) is 8.68. The Balaban J connectivity index is 1.47. The van der Waals surface area contributed by atoms with Crippen LogP contribution in [-0.2, 0) is 26.4 Å². The van der Waals surface area contributed by atoms with Crippen LogP contribution in [0.25, 0.3) is 0 Å². The van der Waals surface area contributed by atoms with E-state index in [2.05, 4.69) is 17.0 Å². The van der Waals surface area contributed by atoms with E-state index in [1.807, 2.05) is 12.1 Å². The van der Waals surface area contributed by atoms with Gasteiger partial charge in [0, 0.05) is 12.6 Å². The average Bonchev–Trinajstić information content (AvgIpc) is 3.52. The van der Waals surface area contributed by atoms with Crippen LogP contribution in [0, 0.1) is 5.92 Å².